The molecule has 0 aliphatic rings. The Morgan fingerprint density at radius 2 is 1.64 bits per heavy atom. The van der Waals surface area contributed by atoms with Crippen LogP contribution in [0.25, 0.3) is 0 Å². The summed E-state index contributed by atoms with van der Waals surface area (Å²) < 4.78 is 0. The van der Waals surface area contributed by atoms with Gasteiger partial charge in [0.05, 0.1) is 0 Å². The summed E-state index contributed by atoms with van der Waals surface area (Å²) in [6.07, 6.45) is 14.9. The van der Waals surface area contributed by atoms with Crippen LogP contribution in [0.2, 0.25) is 0 Å². The van der Waals surface area contributed by atoms with Crippen LogP contribution in [0.4, 0.5) is 0 Å². The molecule has 14 heavy (non-hydrogen) atoms. The molecule has 78 valence electrons. The number of carbonyl (C=O) groups is 1. The van der Waals surface area contributed by atoms with Gasteiger partial charge in [0, 0.05) is 6.42 Å². The standard InChI is InChI=1S/C12H18O2/c1-2-3-4-5-6-7-8-9-10-11-12(13)14/h2-3,5-6,8-9H,4,7,10-11H2,1H3,(H,13,14)/b3-2-,6-5-,9-8-. The zero-order chi connectivity index (χ0) is 10.6. The van der Waals surface area contributed by atoms with Crippen LogP contribution in [0.5, 0.6) is 0 Å². The molecule has 0 bridgehead atoms. The van der Waals surface area contributed by atoms with Crippen molar-refractivity contribution >= 4 is 5.97 Å². The molecule has 0 aromatic carbocycles. The van der Waals surface area contributed by atoms with Crippen LogP contribution < -0.4 is 0 Å². The van der Waals surface area contributed by atoms with Crippen LogP contribution >= 0.6 is 0 Å². The highest BCUT2D eigenvalue weighted by molar-refractivity contribution is 5.66. The Hall–Kier alpha value is -1.31. The highest BCUT2D eigenvalue weighted by Gasteiger charge is 1.90. The first-order valence-corrected chi connectivity index (χ1v) is 4.90. The minimum absolute atomic E-state index is 0.221. The van der Waals surface area contributed by atoms with E-state index < -0.39 is 5.97 Å². The van der Waals surface area contributed by atoms with Crippen LogP contribution in [0.3, 0.4) is 0 Å². The van der Waals surface area contributed by atoms with E-state index in [1.165, 1.54) is 0 Å². The van der Waals surface area contributed by atoms with Gasteiger partial charge >= 0.3 is 5.97 Å². The predicted octanol–water partition coefficient (Wildman–Crippen LogP) is 3.32. The van der Waals surface area contributed by atoms with Gasteiger partial charge in [0.15, 0.2) is 0 Å². The van der Waals surface area contributed by atoms with Gasteiger partial charge in [0.25, 0.3) is 0 Å². The fourth-order valence-corrected chi connectivity index (χ4v) is 0.907. The number of aliphatic carboxylic acids is 1. The number of carboxylic acid groups (broad SMARTS) is 1. The summed E-state index contributed by atoms with van der Waals surface area (Å²) >= 11 is 0. The van der Waals surface area contributed by atoms with Gasteiger partial charge in [-0.05, 0) is 26.2 Å². The monoisotopic (exact) mass is 194 g/mol. The summed E-state index contributed by atoms with van der Waals surface area (Å²) in [6, 6.07) is 0. The maximum Gasteiger partial charge on any atom is 0.303 e. The van der Waals surface area contributed by atoms with E-state index in [0.29, 0.717) is 6.42 Å². The number of hydrogen-bond donors (Lipinski definition) is 1. The van der Waals surface area contributed by atoms with Crippen LogP contribution in [0.15, 0.2) is 36.5 Å². The molecule has 0 spiro atoms. The molecule has 0 saturated carbocycles. The van der Waals surface area contributed by atoms with Crippen LogP contribution in [0.1, 0.15) is 32.6 Å². The summed E-state index contributed by atoms with van der Waals surface area (Å²) in [5.41, 5.74) is 0. The SMILES string of the molecule is C/C=C\C/C=C\C/C=C\CCC(=O)O. The van der Waals surface area contributed by atoms with Crippen molar-refractivity contribution in [1.29, 1.82) is 0 Å². The molecule has 0 aromatic heterocycles. The van der Waals surface area contributed by atoms with E-state index in [0.717, 1.165) is 12.8 Å². The second-order valence-electron chi connectivity index (χ2n) is 2.92. The molecule has 0 aliphatic carbocycles. The van der Waals surface area contributed by atoms with E-state index >= 15 is 0 Å². The summed E-state index contributed by atoms with van der Waals surface area (Å²) in [6.45, 7) is 2.00. The Kier molecular flexibility index (Phi) is 8.86. The minimum Gasteiger partial charge on any atom is -0.481 e. The van der Waals surface area contributed by atoms with Crippen molar-refractivity contribution in [3.63, 3.8) is 0 Å². The quantitative estimate of drug-likeness (QED) is 0.631. The van der Waals surface area contributed by atoms with Crippen molar-refractivity contribution in [1.82, 2.24) is 0 Å². The van der Waals surface area contributed by atoms with Gasteiger partial charge in [0.1, 0.15) is 0 Å². The molecular weight excluding hydrogens is 176 g/mol. The Morgan fingerprint density at radius 3 is 2.21 bits per heavy atom. The third-order valence-electron chi connectivity index (χ3n) is 1.64. The van der Waals surface area contributed by atoms with E-state index in [-0.39, 0.29) is 6.42 Å². The highest BCUT2D eigenvalue weighted by atomic mass is 16.4. The van der Waals surface area contributed by atoms with Crippen LogP contribution in [-0.2, 0) is 4.79 Å². The molecule has 0 heterocycles. The Morgan fingerprint density at radius 1 is 1.07 bits per heavy atom. The lowest BCUT2D eigenvalue weighted by molar-refractivity contribution is -0.136. The van der Waals surface area contributed by atoms with E-state index in [1.54, 1.807) is 0 Å². The molecule has 2 nitrogen and oxygen atoms in total. The Balaban J connectivity index is 3.34. The lowest BCUT2D eigenvalue weighted by Crippen LogP contribution is -1.91. The molecule has 0 rings (SSSR count). The molecule has 0 aromatic rings. The fourth-order valence-electron chi connectivity index (χ4n) is 0.907. The van der Waals surface area contributed by atoms with Crippen LogP contribution in [0, 0.1) is 0 Å². The minimum atomic E-state index is -0.738. The zero-order valence-corrected chi connectivity index (χ0v) is 8.65. The molecule has 0 aliphatic heterocycles. The lowest BCUT2D eigenvalue weighted by atomic mass is 10.2. The normalized spacial score (nSPS) is 12.1. The smallest absolute Gasteiger partial charge is 0.303 e. The van der Waals surface area contributed by atoms with Gasteiger partial charge < -0.3 is 5.11 Å². The number of hydrogen-bond acceptors (Lipinski definition) is 1. The summed E-state index contributed by atoms with van der Waals surface area (Å²) in [4.78, 5) is 10.2. The zero-order valence-electron chi connectivity index (χ0n) is 8.65. The third kappa shape index (κ3) is 10.7. The fraction of sp³-hybridized carbons (Fsp3) is 0.417. The van der Waals surface area contributed by atoms with E-state index in [1.807, 2.05) is 25.2 Å². The maximum atomic E-state index is 10.2. The van der Waals surface area contributed by atoms with Gasteiger partial charge in [-0.15, -0.1) is 0 Å². The van der Waals surface area contributed by atoms with Gasteiger partial charge in [-0.1, -0.05) is 36.5 Å². The highest BCUT2D eigenvalue weighted by Crippen LogP contribution is 1.94. The Labute approximate surface area is 85.6 Å². The molecule has 0 saturated heterocycles. The summed E-state index contributed by atoms with van der Waals surface area (Å²) in [5.74, 6) is -0.738. The second kappa shape index (κ2) is 9.78. The molecular formula is C12H18O2. The van der Waals surface area contributed by atoms with Crippen LogP contribution in [-0.4, -0.2) is 11.1 Å². The summed E-state index contributed by atoms with van der Waals surface area (Å²) in [5, 5.41) is 8.36. The van der Waals surface area contributed by atoms with E-state index in [4.69, 9.17) is 5.11 Å². The number of allylic oxidation sites excluding steroid dienone is 6. The first-order valence-electron chi connectivity index (χ1n) is 4.90. The number of rotatable bonds is 7. The molecule has 0 unspecified atom stereocenters. The predicted molar refractivity (Wildman–Crippen MR) is 59.2 cm³/mol. The average Bonchev–Trinajstić information content (AvgIpc) is 2.15. The topological polar surface area (TPSA) is 37.3 Å². The molecule has 1 N–H and O–H groups in total. The van der Waals surface area contributed by atoms with Crippen molar-refractivity contribution in [3.05, 3.63) is 36.5 Å². The van der Waals surface area contributed by atoms with Crippen molar-refractivity contribution in [2.75, 3.05) is 0 Å². The second-order valence-corrected chi connectivity index (χ2v) is 2.92. The van der Waals surface area contributed by atoms with Gasteiger partial charge in [-0.2, -0.15) is 0 Å². The first kappa shape index (κ1) is 12.7. The van der Waals surface area contributed by atoms with E-state index in [9.17, 15) is 4.79 Å². The third-order valence-corrected chi connectivity index (χ3v) is 1.64. The summed E-state index contributed by atoms with van der Waals surface area (Å²) in [7, 11) is 0. The largest absolute Gasteiger partial charge is 0.481 e. The first-order chi connectivity index (χ1) is 6.77. The van der Waals surface area contributed by atoms with Gasteiger partial charge in [0.2, 0.25) is 0 Å². The Bertz CT molecular complexity index is 224. The lowest BCUT2D eigenvalue weighted by Gasteiger charge is -1.86. The molecule has 0 atom stereocenters. The average molecular weight is 194 g/mol. The number of carboxylic acids is 1. The van der Waals surface area contributed by atoms with E-state index in [2.05, 4.69) is 18.2 Å². The van der Waals surface area contributed by atoms with Gasteiger partial charge in [-0.25, -0.2) is 0 Å². The van der Waals surface area contributed by atoms with Gasteiger partial charge in [-0.3, -0.25) is 4.79 Å². The van der Waals surface area contributed by atoms with Crippen molar-refractivity contribution in [2.24, 2.45) is 0 Å². The maximum absolute atomic E-state index is 10.2. The molecule has 0 radical (unpaired) electrons. The molecule has 0 fully saturated rings. The van der Waals surface area contributed by atoms with Crippen molar-refractivity contribution in [2.45, 2.75) is 32.6 Å². The van der Waals surface area contributed by atoms with Crippen molar-refractivity contribution in [3.8, 4) is 0 Å². The molecule has 2 heteroatoms. The van der Waals surface area contributed by atoms with Crippen molar-refractivity contribution < 1.29 is 9.90 Å². The molecule has 0 amide bonds.